The maximum absolute atomic E-state index is 4.50. The van der Waals surface area contributed by atoms with E-state index in [1.54, 1.807) is 0 Å². The van der Waals surface area contributed by atoms with E-state index in [1.807, 2.05) is 13.3 Å². The molecule has 3 heteroatoms. The van der Waals surface area contributed by atoms with Crippen molar-refractivity contribution < 1.29 is 0 Å². The van der Waals surface area contributed by atoms with Gasteiger partial charge >= 0.3 is 0 Å². The van der Waals surface area contributed by atoms with E-state index in [1.165, 1.54) is 55.2 Å². The Morgan fingerprint density at radius 3 is 2.35 bits per heavy atom. The van der Waals surface area contributed by atoms with Gasteiger partial charge in [-0.3, -0.25) is 4.99 Å². The van der Waals surface area contributed by atoms with E-state index in [-0.39, 0.29) is 0 Å². The third-order valence-corrected chi connectivity index (χ3v) is 5.25. The van der Waals surface area contributed by atoms with Crippen LogP contribution in [0.3, 0.4) is 0 Å². The number of hydrogen-bond donors (Lipinski definition) is 0. The van der Waals surface area contributed by atoms with Crippen LogP contribution in [0.5, 0.6) is 0 Å². The molecule has 1 aromatic carbocycles. The van der Waals surface area contributed by atoms with Crippen molar-refractivity contribution in [1.29, 1.82) is 0 Å². The first-order valence-corrected chi connectivity index (χ1v) is 10.1. The zero-order valence-corrected chi connectivity index (χ0v) is 15.7. The first-order chi connectivity index (χ1) is 11.3. The number of aliphatic imine (C=N–C) groups is 1. The maximum Gasteiger partial charge on any atom is 0.0693 e. The Morgan fingerprint density at radius 2 is 1.78 bits per heavy atom. The maximum atomic E-state index is 4.50. The van der Waals surface area contributed by atoms with Crippen LogP contribution in [0.1, 0.15) is 68.9 Å². The Balaban J connectivity index is 1.94. The van der Waals surface area contributed by atoms with Crippen LogP contribution < -0.4 is 0 Å². The van der Waals surface area contributed by atoms with Crippen LogP contribution in [0.2, 0.25) is 0 Å². The van der Waals surface area contributed by atoms with Gasteiger partial charge in [-0.1, -0.05) is 50.5 Å². The third kappa shape index (κ3) is 5.49. The lowest BCUT2D eigenvalue weighted by molar-refractivity contribution is 0.443. The average Bonchev–Trinajstić information content (AvgIpc) is 2.62. The number of aryl methyl sites for hydroxylation is 1. The van der Waals surface area contributed by atoms with E-state index in [0.29, 0.717) is 0 Å². The van der Waals surface area contributed by atoms with Gasteiger partial charge in [-0.15, -0.1) is 0 Å². The molecule has 0 amide bonds. The molecule has 1 aliphatic carbocycles. The fraction of sp³-hybridized carbons (Fsp3) is 0.600. The van der Waals surface area contributed by atoms with Crippen LogP contribution in [0.25, 0.3) is 0 Å². The Labute approximate surface area is 146 Å². The third-order valence-electron chi connectivity index (χ3n) is 4.85. The van der Waals surface area contributed by atoms with Crippen molar-refractivity contribution in [3.05, 3.63) is 35.4 Å². The monoisotopic (exact) mass is 330 g/mol. The molecule has 0 N–H and O–H groups in total. The van der Waals surface area contributed by atoms with Gasteiger partial charge in [-0.2, -0.15) is 0 Å². The summed E-state index contributed by atoms with van der Waals surface area (Å²) in [6.07, 6.45) is 12.0. The number of hydrogen-bond acceptors (Lipinski definition) is 3. The normalized spacial score (nSPS) is 17.5. The Kier molecular flexibility index (Phi) is 7.87. The summed E-state index contributed by atoms with van der Waals surface area (Å²) in [4.78, 5) is 4.46. The fourth-order valence-electron chi connectivity index (χ4n) is 3.47. The molecule has 126 valence electrons. The summed E-state index contributed by atoms with van der Waals surface area (Å²) < 4.78 is 4.50. The molecule has 23 heavy (non-hydrogen) atoms. The van der Waals surface area contributed by atoms with E-state index in [0.717, 1.165) is 36.6 Å². The molecule has 0 saturated heterocycles. The van der Waals surface area contributed by atoms with Crippen molar-refractivity contribution >= 4 is 23.4 Å². The molecular weight excluding hydrogens is 300 g/mol. The fourth-order valence-corrected chi connectivity index (χ4v) is 3.93. The summed E-state index contributed by atoms with van der Waals surface area (Å²) in [5.74, 6) is 0.797. The zero-order chi connectivity index (χ0) is 16.5. The predicted octanol–water partition coefficient (Wildman–Crippen LogP) is 5.87. The van der Waals surface area contributed by atoms with Gasteiger partial charge in [0.25, 0.3) is 0 Å². The topological polar surface area (TPSA) is 24.7 Å². The first kappa shape index (κ1) is 18.3. The molecule has 1 aromatic rings. The molecule has 0 atom stereocenters. The summed E-state index contributed by atoms with van der Waals surface area (Å²) >= 11 is 1.52. The molecule has 1 saturated carbocycles. The smallest absolute Gasteiger partial charge is 0.0693 e. The van der Waals surface area contributed by atoms with Crippen molar-refractivity contribution in [2.24, 2.45) is 9.39 Å². The van der Waals surface area contributed by atoms with Crippen molar-refractivity contribution in [3.8, 4) is 0 Å². The minimum Gasteiger partial charge on any atom is -0.291 e. The van der Waals surface area contributed by atoms with Gasteiger partial charge in [0.1, 0.15) is 0 Å². The molecular formula is C20H30N2S. The predicted molar refractivity (Wildman–Crippen MR) is 105 cm³/mol. The van der Waals surface area contributed by atoms with Gasteiger partial charge in [-0.25, -0.2) is 4.40 Å². The largest absolute Gasteiger partial charge is 0.291 e. The van der Waals surface area contributed by atoms with Gasteiger partial charge in [0.05, 0.1) is 11.4 Å². The second-order valence-corrected chi connectivity index (χ2v) is 6.87. The van der Waals surface area contributed by atoms with Crippen molar-refractivity contribution in [2.45, 2.75) is 64.2 Å². The van der Waals surface area contributed by atoms with Crippen LogP contribution in [-0.2, 0) is 6.42 Å². The Morgan fingerprint density at radius 1 is 1.09 bits per heavy atom. The van der Waals surface area contributed by atoms with Crippen LogP contribution in [0, 0.1) is 0 Å². The lowest BCUT2D eigenvalue weighted by atomic mass is 9.84. The van der Waals surface area contributed by atoms with E-state index in [2.05, 4.69) is 40.6 Å². The van der Waals surface area contributed by atoms with Crippen molar-refractivity contribution in [2.75, 3.05) is 13.3 Å². The van der Waals surface area contributed by atoms with Gasteiger partial charge in [0.2, 0.25) is 0 Å². The minimum absolute atomic E-state index is 0.797. The van der Waals surface area contributed by atoms with Crippen LogP contribution in [0.15, 0.2) is 33.7 Å². The van der Waals surface area contributed by atoms with E-state index in [4.69, 9.17) is 0 Å². The molecule has 1 fully saturated rings. The number of nitrogens with zero attached hydrogens (tertiary/aromatic N) is 2. The van der Waals surface area contributed by atoms with Crippen LogP contribution in [-0.4, -0.2) is 24.7 Å². The van der Waals surface area contributed by atoms with Crippen molar-refractivity contribution in [1.82, 2.24) is 0 Å². The summed E-state index contributed by atoms with van der Waals surface area (Å²) in [6.45, 7) is 2.15. The molecule has 0 aromatic heterocycles. The molecule has 0 radical (unpaired) electrons. The van der Waals surface area contributed by atoms with Crippen LogP contribution in [0.4, 0.5) is 0 Å². The zero-order valence-electron chi connectivity index (χ0n) is 14.8. The second-order valence-electron chi connectivity index (χ2n) is 6.32. The van der Waals surface area contributed by atoms with Gasteiger partial charge in [0.15, 0.2) is 0 Å². The highest BCUT2D eigenvalue weighted by molar-refractivity contribution is 7.97. The van der Waals surface area contributed by atoms with E-state index < -0.39 is 0 Å². The summed E-state index contributed by atoms with van der Waals surface area (Å²) in [6, 6.07) is 9.33. The minimum atomic E-state index is 0.797. The van der Waals surface area contributed by atoms with E-state index in [9.17, 15) is 0 Å². The molecule has 0 aliphatic heterocycles. The lowest BCUT2D eigenvalue weighted by Gasteiger charge is -2.22. The molecule has 0 unspecified atom stereocenters. The number of rotatable bonds is 7. The van der Waals surface area contributed by atoms with Gasteiger partial charge in [0, 0.05) is 13.3 Å². The Bertz CT molecular complexity index is 525. The molecule has 1 aliphatic rings. The quantitative estimate of drug-likeness (QED) is 0.453. The average molecular weight is 331 g/mol. The number of benzene rings is 1. The van der Waals surface area contributed by atoms with Gasteiger partial charge in [-0.05, 0) is 61.1 Å². The van der Waals surface area contributed by atoms with Gasteiger partial charge < -0.3 is 0 Å². The lowest BCUT2D eigenvalue weighted by Crippen LogP contribution is -2.14. The molecule has 2 rings (SSSR count). The second kappa shape index (κ2) is 9.92. The highest BCUT2D eigenvalue weighted by Crippen LogP contribution is 2.32. The molecule has 0 heterocycles. The highest BCUT2D eigenvalue weighted by atomic mass is 32.2. The standard InChI is InChI=1S/C20H30N2S/c1-4-19(22-23-3)20(21-2)15-12-16-10-13-18(14-11-16)17-8-6-5-7-9-17/h10-11,13-14,17H,4-9,12,15H2,1-3H3/b21-20?,22-19+. The summed E-state index contributed by atoms with van der Waals surface area (Å²) in [5, 5.41) is 0. The molecule has 2 nitrogen and oxygen atoms in total. The summed E-state index contributed by atoms with van der Waals surface area (Å²) in [5.41, 5.74) is 5.23. The van der Waals surface area contributed by atoms with Crippen molar-refractivity contribution in [3.63, 3.8) is 0 Å². The summed E-state index contributed by atoms with van der Waals surface area (Å²) in [7, 11) is 1.88. The first-order valence-electron chi connectivity index (χ1n) is 8.93. The molecule has 0 bridgehead atoms. The Hall–Kier alpha value is -1.09. The van der Waals surface area contributed by atoms with E-state index >= 15 is 0 Å². The highest BCUT2D eigenvalue weighted by Gasteiger charge is 2.15. The molecule has 0 spiro atoms. The van der Waals surface area contributed by atoms with Crippen LogP contribution >= 0.6 is 11.9 Å². The SMILES string of the molecule is CC/C(=N\SC)C(CCc1ccc(C2CCCCC2)cc1)=NC.